The molecule has 1 aromatic rings. The van der Waals surface area contributed by atoms with Crippen molar-refractivity contribution in [1.82, 2.24) is 4.98 Å². The Morgan fingerprint density at radius 1 is 1.46 bits per heavy atom. The number of amides is 1. The van der Waals surface area contributed by atoms with E-state index >= 15 is 0 Å². The first kappa shape index (κ1) is 9.50. The van der Waals surface area contributed by atoms with Gasteiger partial charge in [-0.05, 0) is 12.1 Å². The zero-order chi connectivity index (χ0) is 10.0. The van der Waals surface area contributed by atoms with E-state index in [9.17, 15) is 18.0 Å². The Balaban J connectivity index is 3.19. The first-order valence-electron chi connectivity index (χ1n) is 3.26. The summed E-state index contributed by atoms with van der Waals surface area (Å²) < 4.78 is 36.7. The van der Waals surface area contributed by atoms with Crippen LogP contribution >= 0.6 is 0 Å². The molecule has 0 unspecified atom stereocenters. The van der Waals surface area contributed by atoms with Crippen molar-refractivity contribution in [3.63, 3.8) is 0 Å². The van der Waals surface area contributed by atoms with Crippen LogP contribution in [-0.4, -0.2) is 10.9 Å². The molecule has 70 valence electrons. The zero-order valence-electron chi connectivity index (χ0n) is 6.30. The molecule has 0 aliphatic rings. The van der Waals surface area contributed by atoms with Crippen molar-refractivity contribution in [1.29, 1.82) is 0 Å². The van der Waals surface area contributed by atoms with Gasteiger partial charge in [0.25, 0.3) is 12.3 Å². The number of primary amides is 1. The number of pyridine rings is 1. The minimum atomic E-state index is -2.85. The number of halogens is 3. The summed E-state index contributed by atoms with van der Waals surface area (Å²) in [6.45, 7) is 0. The average Bonchev–Trinajstić information content (AvgIpc) is 2.04. The average molecular weight is 190 g/mol. The minimum absolute atomic E-state index is 0.671. The van der Waals surface area contributed by atoms with Crippen LogP contribution in [0.4, 0.5) is 13.2 Å². The predicted molar refractivity (Wildman–Crippen MR) is 37.7 cm³/mol. The monoisotopic (exact) mass is 190 g/mol. The third kappa shape index (κ3) is 1.95. The van der Waals surface area contributed by atoms with E-state index in [1.807, 2.05) is 0 Å². The third-order valence-corrected chi connectivity index (χ3v) is 1.32. The lowest BCUT2D eigenvalue weighted by molar-refractivity contribution is 0.0989. The van der Waals surface area contributed by atoms with E-state index in [0.29, 0.717) is 0 Å². The fourth-order valence-electron chi connectivity index (χ4n) is 0.752. The number of nitrogens with two attached hydrogens (primary N) is 1. The van der Waals surface area contributed by atoms with E-state index in [4.69, 9.17) is 5.73 Å². The molecule has 1 rings (SSSR count). The van der Waals surface area contributed by atoms with Crippen LogP contribution in [0.3, 0.4) is 0 Å². The molecule has 6 heteroatoms. The molecular formula is C7H5F3N2O. The minimum Gasteiger partial charge on any atom is -0.364 e. The molecule has 0 radical (unpaired) electrons. The largest absolute Gasteiger partial charge is 0.364 e. The first-order valence-corrected chi connectivity index (χ1v) is 3.26. The highest BCUT2D eigenvalue weighted by Gasteiger charge is 2.15. The van der Waals surface area contributed by atoms with Crippen molar-refractivity contribution in [2.75, 3.05) is 0 Å². The van der Waals surface area contributed by atoms with Crippen molar-refractivity contribution < 1.29 is 18.0 Å². The summed E-state index contributed by atoms with van der Waals surface area (Å²) in [7, 11) is 0. The fraction of sp³-hybridized carbons (Fsp3) is 0.143. The molecule has 0 bridgehead atoms. The van der Waals surface area contributed by atoms with Gasteiger partial charge in [-0.1, -0.05) is 0 Å². The van der Waals surface area contributed by atoms with Gasteiger partial charge in [-0.15, -0.1) is 0 Å². The summed E-state index contributed by atoms with van der Waals surface area (Å²) in [5, 5.41) is 0. The van der Waals surface area contributed by atoms with Gasteiger partial charge in [0.1, 0.15) is 5.69 Å². The summed E-state index contributed by atoms with van der Waals surface area (Å²) in [6, 6.07) is 1.53. The van der Waals surface area contributed by atoms with E-state index in [0.717, 1.165) is 12.1 Å². The van der Waals surface area contributed by atoms with Crippen molar-refractivity contribution in [3.8, 4) is 0 Å². The SMILES string of the molecule is NC(=O)c1nc(C(F)F)ccc1F. The molecule has 0 aliphatic heterocycles. The topological polar surface area (TPSA) is 56.0 Å². The van der Waals surface area contributed by atoms with Crippen LogP contribution in [-0.2, 0) is 0 Å². The van der Waals surface area contributed by atoms with Crippen molar-refractivity contribution in [2.45, 2.75) is 6.43 Å². The molecule has 13 heavy (non-hydrogen) atoms. The predicted octanol–water partition coefficient (Wildman–Crippen LogP) is 1.26. The quantitative estimate of drug-likeness (QED) is 0.763. The smallest absolute Gasteiger partial charge is 0.280 e. The van der Waals surface area contributed by atoms with Gasteiger partial charge in [0.05, 0.1) is 0 Å². The maximum absolute atomic E-state index is 12.7. The maximum atomic E-state index is 12.7. The second-order valence-electron chi connectivity index (χ2n) is 2.23. The van der Waals surface area contributed by atoms with E-state index in [2.05, 4.69) is 4.98 Å². The van der Waals surface area contributed by atoms with Gasteiger partial charge < -0.3 is 5.73 Å². The summed E-state index contributed by atoms with van der Waals surface area (Å²) in [6.07, 6.45) is -2.85. The van der Waals surface area contributed by atoms with Gasteiger partial charge in [-0.3, -0.25) is 4.79 Å². The summed E-state index contributed by atoms with van der Waals surface area (Å²) in [5.74, 6) is -2.17. The molecule has 0 aromatic carbocycles. The van der Waals surface area contributed by atoms with Crippen LogP contribution in [0.2, 0.25) is 0 Å². The van der Waals surface area contributed by atoms with E-state index in [1.165, 1.54) is 0 Å². The van der Waals surface area contributed by atoms with Crippen LogP contribution in [0.5, 0.6) is 0 Å². The van der Waals surface area contributed by atoms with Gasteiger partial charge in [-0.2, -0.15) is 0 Å². The van der Waals surface area contributed by atoms with Crippen molar-refractivity contribution in [3.05, 3.63) is 29.3 Å². The number of carbonyl (C=O) groups is 1. The second-order valence-corrected chi connectivity index (χ2v) is 2.23. The molecule has 0 aliphatic carbocycles. The molecule has 0 fully saturated rings. The van der Waals surface area contributed by atoms with Crippen LogP contribution in [0.1, 0.15) is 22.6 Å². The Morgan fingerprint density at radius 2 is 2.08 bits per heavy atom. The second kappa shape index (κ2) is 3.42. The lowest BCUT2D eigenvalue weighted by Gasteiger charge is -2.01. The molecule has 3 nitrogen and oxygen atoms in total. The fourth-order valence-corrected chi connectivity index (χ4v) is 0.752. The molecule has 1 heterocycles. The number of nitrogens with zero attached hydrogens (tertiary/aromatic N) is 1. The summed E-state index contributed by atoms with van der Waals surface area (Å²) in [4.78, 5) is 13.5. The molecule has 1 amide bonds. The highest BCUT2D eigenvalue weighted by Crippen LogP contribution is 2.17. The summed E-state index contributed by atoms with van der Waals surface area (Å²) >= 11 is 0. The zero-order valence-corrected chi connectivity index (χ0v) is 6.30. The number of alkyl halides is 2. The Labute approximate surface area is 71.4 Å². The van der Waals surface area contributed by atoms with Crippen LogP contribution in [0, 0.1) is 5.82 Å². The van der Waals surface area contributed by atoms with Crippen LogP contribution in [0.15, 0.2) is 12.1 Å². The molecular weight excluding hydrogens is 185 g/mol. The van der Waals surface area contributed by atoms with Crippen LogP contribution in [0.25, 0.3) is 0 Å². The standard InChI is InChI=1S/C7H5F3N2O/c8-3-1-2-4(6(9)10)12-5(3)7(11)13/h1-2,6H,(H2,11,13). The molecule has 0 atom stereocenters. The number of rotatable bonds is 2. The Hall–Kier alpha value is -1.59. The van der Waals surface area contributed by atoms with E-state index in [-0.39, 0.29) is 0 Å². The van der Waals surface area contributed by atoms with Gasteiger partial charge in [0, 0.05) is 0 Å². The molecule has 1 aromatic heterocycles. The first-order chi connectivity index (χ1) is 6.02. The molecule has 0 saturated heterocycles. The van der Waals surface area contributed by atoms with Gasteiger partial charge in [0.15, 0.2) is 11.5 Å². The van der Waals surface area contributed by atoms with Crippen molar-refractivity contribution in [2.24, 2.45) is 5.73 Å². The van der Waals surface area contributed by atoms with Gasteiger partial charge >= 0.3 is 0 Å². The molecule has 2 N–H and O–H groups in total. The maximum Gasteiger partial charge on any atom is 0.280 e. The lowest BCUT2D eigenvalue weighted by atomic mass is 10.3. The lowest BCUT2D eigenvalue weighted by Crippen LogP contribution is -2.16. The number of hydrogen-bond acceptors (Lipinski definition) is 2. The van der Waals surface area contributed by atoms with E-state index in [1.54, 1.807) is 0 Å². The Kier molecular flexibility index (Phi) is 2.50. The van der Waals surface area contributed by atoms with Gasteiger partial charge in [0.2, 0.25) is 0 Å². The summed E-state index contributed by atoms with van der Waals surface area (Å²) in [5.41, 5.74) is 3.26. The Bertz CT molecular complexity index is 341. The number of aromatic nitrogens is 1. The number of carbonyl (C=O) groups excluding carboxylic acids is 1. The molecule has 0 spiro atoms. The third-order valence-electron chi connectivity index (χ3n) is 1.32. The van der Waals surface area contributed by atoms with Gasteiger partial charge in [-0.25, -0.2) is 18.2 Å². The van der Waals surface area contributed by atoms with Crippen molar-refractivity contribution >= 4 is 5.91 Å². The normalized spacial score (nSPS) is 10.5. The van der Waals surface area contributed by atoms with E-state index < -0.39 is 29.5 Å². The highest BCUT2D eigenvalue weighted by molar-refractivity contribution is 5.91. The highest BCUT2D eigenvalue weighted by atomic mass is 19.3. The number of hydrogen-bond donors (Lipinski definition) is 1. The Morgan fingerprint density at radius 3 is 2.54 bits per heavy atom. The molecule has 0 saturated carbocycles. The van der Waals surface area contributed by atoms with Crippen LogP contribution < -0.4 is 5.73 Å².